The van der Waals surface area contributed by atoms with E-state index in [1.165, 1.54) is 23.2 Å². The molecule has 7 heteroatoms. The van der Waals surface area contributed by atoms with Crippen molar-refractivity contribution >= 4 is 11.6 Å². The fraction of sp³-hybridized carbons (Fsp3) is 0.292. The monoisotopic (exact) mass is 418 g/mol. The Morgan fingerprint density at radius 3 is 2.65 bits per heavy atom. The fourth-order valence-electron chi connectivity index (χ4n) is 4.00. The molecule has 3 N–H and O–H groups in total. The molecule has 0 bridgehead atoms. The van der Waals surface area contributed by atoms with Crippen LogP contribution in [0.2, 0.25) is 0 Å². The maximum atomic E-state index is 12.2. The maximum absolute atomic E-state index is 12.2. The van der Waals surface area contributed by atoms with Crippen molar-refractivity contribution in [3.05, 3.63) is 94.7 Å². The van der Waals surface area contributed by atoms with Crippen LogP contribution in [0.25, 0.3) is 0 Å². The number of aromatic nitrogens is 2. The van der Waals surface area contributed by atoms with Crippen molar-refractivity contribution in [2.45, 2.75) is 44.0 Å². The summed E-state index contributed by atoms with van der Waals surface area (Å²) >= 11 is 0. The number of carbonyl (C=O) groups excluding carboxylic acids is 1. The van der Waals surface area contributed by atoms with E-state index in [2.05, 4.69) is 15.6 Å². The number of aliphatic hydroxyl groups is 1. The van der Waals surface area contributed by atoms with E-state index in [0.29, 0.717) is 11.7 Å². The zero-order valence-corrected chi connectivity index (χ0v) is 17.1. The molecule has 0 radical (unpaired) electrons. The normalized spacial score (nSPS) is 19.1. The largest absolute Gasteiger partial charge is 0.387 e. The second-order valence-corrected chi connectivity index (χ2v) is 7.90. The minimum Gasteiger partial charge on any atom is -0.387 e. The number of anilines is 1. The van der Waals surface area contributed by atoms with Gasteiger partial charge in [-0.25, -0.2) is 4.98 Å². The van der Waals surface area contributed by atoms with Crippen molar-refractivity contribution in [3.8, 4) is 0 Å². The number of amides is 1. The number of carbonyl (C=O) groups is 1. The third kappa shape index (κ3) is 5.45. The third-order valence-corrected chi connectivity index (χ3v) is 5.62. The van der Waals surface area contributed by atoms with Crippen molar-refractivity contribution in [3.63, 3.8) is 0 Å². The second-order valence-electron chi connectivity index (χ2n) is 7.90. The van der Waals surface area contributed by atoms with Gasteiger partial charge in [0.2, 0.25) is 5.91 Å². The summed E-state index contributed by atoms with van der Waals surface area (Å²) in [7, 11) is 0. The van der Waals surface area contributed by atoms with Gasteiger partial charge in [0.15, 0.2) is 0 Å². The molecule has 1 fully saturated rings. The average Bonchev–Trinajstić information content (AvgIpc) is 3.25. The molecule has 4 rings (SSSR count). The molecule has 7 nitrogen and oxygen atoms in total. The number of aliphatic hydroxyl groups excluding tert-OH is 1. The molecule has 160 valence electrons. The molecule has 3 aromatic rings. The summed E-state index contributed by atoms with van der Waals surface area (Å²) in [5.41, 5.74) is 2.52. The van der Waals surface area contributed by atoms with Crippen LogP contribution in [0.4, 0.5) is 5.69 Å². The molecular formula is C24H26N4O3. The van der Waals surface area contributed by atoms with E-state index in [1.54, 1.807) is 0 Å². The van der Waals surface area contributed by atoms with Crippen LogP contribution in [0, 0.1) is 0 Å². The van der Waals surface area contributed by atoms with Gasteiger partial charge in [0.25, 0.3) is 5.56 Å². The van der Waals surface area contributed by atoms with Crippen molar-refractivity contribution in [1.82, 2.24) is 14.9 Å². The maximum Gasteiger partial charge on any atom is 0.253 e. The van der Waals surface area contributed by atoms with Crippen LogP contribution < -0.4 is 16.2 Å². The SMILES string of the molecule is O=C(Cn1cnccc1=O)Nc1ccc(C[C@@H]2CC[C@H](C(O)c3ccccc3)N2)cc1. The van der Waals surface area contributed by atoms with Crippen LogP contribution >= 0.6 is 0 Å². The molecule has 1 unspecified atom stereocenters. The van der Waals surface area contributed by atoms with Gasteiger partial charge in [-0.1, -0.05) is 42.5 Å². The molecule has 0 spiro atoms. The van der Waals surface area contributed by atoms with Gasteiger partial charge in [0.05, 0.1) is 12.4 Å². The van der Waals surface area contributed by atoms with Crippen molar-refractivity contribution in [2.24, 2.45) is 0 Å². The Morgan fingerprint density at radius 1 is 1.13 bits per heavy atom. The van der Waals surface area contributed by atoms with E-state index in [1.807, 2.05) is 54.6 Å². The summed E-state index contributed by atoms with van der Waals surface area (Å²) < 4.78 is 1.26. The van der Waals surface area contributed by atoms with Crippen LogP contribution in [-0.4, -0.2) is 32.6 Å². The molecule has 2 heterocycles. The van der Waals surface area contributed by atoms with Gasteiger partial charge in [-0.15, -0.1) is 0 Å². The first-order chi connectivity index (χ1) is 15.1. The van der Waals surface area contributed by atoms with E-state index < -0.39 is 6.10 Å². The number of nitrogens with one attached hydrogen (secondary N) is 2. The van der Waals surface area contributed by atoms with E-state index in [0.717, 1.165) is 30.4 Å². The Balaban J connectivity index is 1.28. The van der Waals surface area contributed by atoms with Gasteiger partial charge >= 0.3 is 0 Å². The molecule has 0 saturated carbocycles. The lowest BCUT2D eigenvalue weighted by Gasteiger charge is -2.20. The minimum atomic E-state index is -0.504. The number of rotatable bonds is 7. The Morgan fingerprint density at radius 2 is 1.90 bits per heavy atom. The highest BCUT2D eigenvalue weighted by molar-refractivity contribution is 5.90. The number of nitrogens with zero attached hydrogens (tertiary/aromatic N) is 2. The van der Waals surface area contributed by atoms with Crippen LogP contribution in [0.1, 0.15) is 30.1 Å². The van der Waals surface area contributed by atoms with Crippen molar-refractivity contribution in [2.75, 3.05) is 5.32 Å². The molecule has 3 atom stereocenters. The summed E-state index contributed by atoms with van der Waals surface area (Å²) in [6.07, 6.45) is 5.05. The highest BCUT2D eigenvalue weighted by Gasteiger charge is 2.29. The molecule has 1 saturated heterocycles. The van der Waals surface area contributed by atoms with E-state index in [4.69, 9.17) is 0 Å². The van der Waals surface area contributed by atoms with Crippen LogP contribution in [0.3, 0.4) is 0 Å². The van der Waals surface area contributed by atoms with Crippen molar-refractivity contribution in [1.29, 1.82) is 0 Å². The standard InChI is InChI=1S/C24H26N4O3/c29-22(15-28-16-25-13-12-23(28)30)27-19-8-6-17(7-9-19)14-20-10-11-21(26-20)24(31)18-4-2-1-3-5-18/h1-9,12-13,16,20-21,24,26,31H,10-11,14-15H2,(H,27,29)/t20-,21+,24?/m0/s1. The Kier molecular flexibility index (Phi) is 6.54. The third-order valence-electron chi connectivity index (χ3n) is 5.62. The summed E-state index contributed by atoms with van der Waals surface area (Å²) in [5, 5.41) is 17.0. The van der Waals surface area contributed by atoms with E-state index in [-0.39, 0.29) is 24.1 Å². The Hall–Kier alpha value is -3.29. The lowest BCUT2D eigenvalue weighted by Crippen LogP contribution is -2.35. The molecular weight excluding hydrogens is 392 g/mol. The smallest absolute Gasteiger partial charge is 0.253 e. The predicted octanol–water partition coefficient (Wildman–Crippen LogP) is 2.28. The first-order valence-corrected chi connectivity index (χ1v) is 10.5. The van der Waals surface area contributed by atoms with Crippen LogP contribution in [-0.2, 0) is 17.8 Å². The quantitative estimate of drug-likeness (QED) is 0.547. The van der Waals surface area contributed by atoms with Gasteiger partial charge in [-0.3, -0.25) is 14.2 Å². The zero-order valence-electron chi connectivity index (χ0n) is 17.1. The van der Waals surface area contributed by atoms with Crippen LogP contribution in [0.15, 0.2) is 78.0 Å². The molecule has 0 aliphatic carbocycles. The highest BCUT2D eigenvalue weighted by atomic mass is 16.3. The molecule has 1 aliphatic rings. The van der Waals surface area contributed by atoms with Crippen molar-refractivity contribution < 1.29 is 9.90 Å². The number of benzene rings is 2. The summed E-state index contributed by atoms with van der Waals surface area (Å²) in [4.78, 5) is 27.7. The van der Waals surface area contributed by atoms with Gasteiger partial charge < -0.3 is 15.7 Å². The van der Waals surface area contributed by atoms with E-state index in [9.17, 15) is 14.7 Å². The summed E-state index contributed by atoms with van der Waals surface area (Å²) in [5.74, 6) is -0.280. The average molecular weight is 418 g/mol. The van der Waals surface area contributed by atoms with Gasteiger partial charge in [0, 0.05) is 30.0 Å². The molecule has 2 aromatic carbocycles. The topological polar surface area (TPSA) is 96.2 Å². The molecule has 1 amide bonds. The number of hydrogen-bond acceptors (Lipinski definition) is 5. The second kappa shape index (κ2) is 9.68. The lowest BCUT2D eigenvalue weighted by atomic mass is 10.0. The fourth-order valence-corrected chi connectivity index (χ4v) is 4.00. The molecule has 31 heavy (non-hydrogen) atoms. The first kappa shape index (κ1) is 21.0. The van der Waals surface area contributed by atoms with Gasteiger partial charge in [-0.2, -0.15) is 0 Å². The molecule has 1 aromatic heterocycles. The lowest BCUT2D eigenvalue weighted by molar-refractivity contribution is -0.116. The highest BCUT2D eigenvalue weighted by Crippen LogP contribution is 2.26. The van der Waals surface area contributed by atoms with Gasteiger partial charge in [0.1, 0.15) is 6.54 Å². The summed E-state index contributed by atoms with van der Waals surface area (Å²) in [6, 6.07) is 19.2. The van der Waals surface area contributed by atoms with Gasteiger partial charge in [-0.05, 0) is 42.5 Å². The molecule has 1 aliphatic heterocycles. The Bertz CT molecular complexity index is 1070. The first-order valence-electron chi connectivity index (χ1n) is 10.5. The minimum absolute atomic E-state index is 0.0573. The summed E-state index contributed by atoms with van der Waals surface area (Å²) in [6.45, 7) is -0.0778. The Labute approximate surface area is 180 Å². The van der Waals surface area contributed by atoms with Crippen LogP contribution in [0.5, 0.6) is 0 Å². The van der Waals surface area contributed by atoms with E-state index >= 15 is 0 Å². The zero-order chi connectivity index (χ0) is 21.6. The predicted molar refractivity (Wildman–Crippen MR) is 119 cm³/mol. The number of hydrogen-bond donors (Lipinski definition) is 3.